The summed E-state index contributed by atoms with van der Waals surface area (Å²) < 4.78 is 26.4. The van der Waals surface area contributed by atoms with Gasteiger partial charge in [0.25, 0.3) is 0 Å². The highest BCUT2D eigenvalue weighted by Crippen LogP contribution is 2.23. The minimum Gasteiger partial charge on any atom is -0.366 e. The molecule has 0 aromatic heterocycles. The second kappa shape index (κ2) is 4.01. The molecule has 1 N–H and O–H groups in total. The van der Waals surface area contributed by atoms with Crippen molar-refractivity contribution < 1.29 is 8.78 Å². The van der Waals surface area contributed by atoms with Crippen LogP contribution in [-0.4, -0.2) is 25.2 Å². The Bertz CT molecular complexity index is 391. The number of nitrogens with zero attached hydrogens (tertiary/aromatic N) is 1. The third kappa shape index (κ3) is 2.32. The summed E-state index contributed by atoms with van der Waals surface area (Å²) in [6, 6.07) is 3.74. The van der Waals surface area contributed by atoms with Gasteiger partial charge in [-0.1, -0.05) is 0 Å². The lowest BCUT2D eigenvalue weighted by molar-refractivity contribution is 0.351. The van der Waals surface area contributed by atoms with Gasteiger partial charge in [0.1, 0.15) is 11.6 Å². The zero-order valence-corrected chi connectivity index (χ0v) is 9.56. The number of benzene rings is 1. The molecule has 1 aromatic rings. The second-order valence-electron chi connectivity index (χ2n) is 4.83. The smallest absolute Gasteiger partial charge is 0.149 e. The zero-order chi connectivity index (χ0) is 11.8. The second-order valence-corrected chi connectivity index (χ2v) is 4.83. The zero-order valence-electron chi connectivity index (χ0n) is 9.56. The predicted molar refractivity (Wildman–Crippen MR) is 60.7 cm³/mol. The molecule has 1 fully saturated rings. The molecule has 2 nitrogen and oxygen atoms in total. The minimum absolute atomic E-state index is 0.0426. The number of hydrogen-bond donors (Lipinski definition) is 1. The molecule has 16 heavy (non-hydrogen) atoms. The third-order valence-corrected chi connectivity index (χ3v) is 2.82. The topological polar surface area (TPSA) is 15.3 Å². The average Bonchev–Trinajstić information content (AvgIpc) is 2.15. The molecule has 1 heterocycles. The van der Waals surface area contributed by atoms with E-state index in [2.05, 4.69) is 19.2 Å². The van der Waals surface area contributed by atoms with Crippen LogP contribution in [0.4, 0.5) is 14.5 Å². The van der Waals surface area contributed by atoms with Crippen molar-refractivity contribution in [3.63, 3.8) is 0 Å². The van der Waals surface area contributed by atoms with E-state index in [0.717, 1.165) is 25.7 Å². The summed E-state index contributed by atoms with van der Waals surface area (Å²) in [7, 11) is 0. The van der Waals surface area contributed by atoms with Gasteiger partial charge in [-0.15, -0.1) is 0 Å². The molecule has 0 amide bonds. The highest BCUT2D eigenvalue weighted by atomic mass is 19.1. The Morgan fingerprint density at radius 2 is 2.06 bits per heavy atom. The summed E-state index contributed by atoms with van der Waals surface area (Å²) in [5.74, 6) is -1.02. The number of hydrogen-bond acceptors (Lipinski definition) is 2. The quantitative estimate of drug-likeness (QED) is 0.789. The van der Waals surface area contributed by atoms with E-state index in [4.69, 9.17) is 0 Å². The molecule has 0 bridgehead atoms. The molecule has 1 saturated heterocycles. The summed E-state index contributed by atoms with van der Waals surface area (Å²) in [4.78, 5) is 1.95. The van der Waals surface area contributed by atoms with Gasteiger partial charge in [0.05, 0.1) is 5.69 Å². The van der Waals surface area contributed by atoms with E-state index in [1.165, 1.54) is 12.1 Å². The van der Waals surface area contributed by atoms with Crippen LogP contribution < -0.4 is 10.2 Å². The Labute approximate surface area is 94.3 Å². The third-order valence-electron chi connectivity index (χ3n) is 2.82. The molecule has 1 aromatic carbocycles. The van der Waals surface area contributed by atoms with Crippen molar-refractivity contribution >= 4 is 5.69 Å². The Morgan fingerprint density at radius 3 is 2.69 bits per heavy atom. The summed E-state index contributed by atoms with van der Waals surface area (Å²) >= 11 is 0. The fourth-order valence-electron chi connectivity index (χ4n) is 2.08. The van der Waals surface area contributed by atoms with Crippen LogP contribution in [0, 0.1) is 11.6 Å². The fraction of sp³-hybridized carbons (Fsp3) is 0.500. The maximum absolute atomic E-state index is 13.6. The predicted octanol–water partition coefficient (Wildman–Crippen LogP) is 2.15. The first-order valence-corrected chi connectivity index (χ1v) is 5.43. The molecular formula is C12H16F2N2. The molecule has 0 spiro atoms. The maximum Gasteiger partial charge on any atom is 0.149 e. The van der Waals surface area contributed by atoms with Crippen molar-refractivity contribution in [3.05, 3.63) is 29.8 Å². The lowest BCUT2D eigenvalue weighted by Gasteiger charge is -2.40. The van der Waals surface area contributed by atoms with Crippen LogP contribution >= 0.6 is 0 Å². The van der Waals surface area contributed by atoms with E-state index >= 15 is 0 Å². The van der Waals surface area contributed by atoms with Crippen LogP contribution in [-0.2, 0) is 0 Å². The van der Waals surface area contributed by atoms with Gasteiger partial charge >= 0.3 is 0 Å². The highest BCUT2D eigenvalue weighted by Gasteiger charge is 2.27. The van der Waals surface area contributed by atoms with Gasteiger partial charge in [-0.05, 0) is 26.0 Å². The Balaban J connectivity index is 2.23. The van der Waals surface area contributed by atoms with Crippen LogP contribution in [0.25, 0.3) is 0 Å². The Hall–Kier alpha value is -1.16. The van der Waals surface area contributed by atoms with Crippen molar-refractivity contribution in [3.8, 4) is 0 Å². The molecule has 1 aliphatic rings. The van der Waals surface area contributed by atoms with Gasteiger partial charge in [-0.3, -0.25) is 0 Å². The van der Waals surface area contributed by atoms with E-state index < -0.39 is 11.6 Å². The fourth-order valence-corrected chi connectivity index (χ4v) is 2.08. The number of halogens is 2. The van der Waals surface area contributed by atoms with Gasteiger partial charge in [-0.25, -0.2) is 8.78 Å². The number of rotatable bonds is 1. The number of anilines is 1. The van der Waals surface area contributed by atoms with E-state index in [1.54, 1.807) is 0 Å². The van der Waals surface area contributed by atoms with Crippen molar-refractivity contribution in [1.29, 1.82) is 0 Å². The first-order valence-electron chi connectivity index (χ1n) is 5.43. The van der Waals surface area contributed by atoms with Crippen LogP contribution in [0.5, 0.6) is 0 Å². The normalized spacial score (nSPS) is 19.9. The van der Waals surface area contributed by atoms with Crippen LogP contribution in [0.3, 0.4) is 0 Å². The average molecular weight is 226 g/mol. The molecule has 0 atom stereocenters. The standard InChI is InChI=1S/C12H16F2N2/c1-12(2)8-16(6-5-15-12)11-4-3-9(13)7-10(11)14/h3-4,7,15H,5-6,8H2,1-2H3. The van der Waals surface area contributed by atoms with Crippen molar-refractivity contribution in [2.45, 2.75) is 19.4 Å². The Morgan fingerprint density at radius 1 is 1.31 bits per heavy atom. The van der Waals surface area contributed by atoms with Gasteiger partial charge in [0.2, 0.25) is 0 Å². The van der Waals surface area contributed by atoms with Crippen molar-refractivity contribution in [2.24, 2.45) is 0 Å². The first-order chi connectivity index (χ1) is 7.48. The first kappa shape index (κ1) is 11.3. The molecule has 0 radical (unpaired) electrons. The molecule has 4 heteroatoms. The van der Waals surface area contributed by atoms with Crippen LogP contribution in [0.15, 0.2) is 18.2 Å². The molecular weight excluding hydrogens is 210 g/mol. The molecule has 2 rings (SSSR count). The van der Waals surface area contributed by atoms with Gasteiger partial charge in [-0.2, -0.15) is 0 Å². The van der Waals surface area contributed by atoms with Gasteiger partial charge < -0.3 is 10.2 Å². The van der Waals surface area contributed by atoms with Crippen molar-refractivity contribution in [1.82, 2.24) is 5.32 Å². The number of piperazine rings is 1. The van der Waals surface area contributed by atoms with Crippen LogP contribution in [0.2, 0.25) is 0 Å². The minimum atomic E-state index is -0.532. The number of nitrogens with one attached hydrogen (secondary N) is 1. The largest absolute Gasteiger partial charge is 0.366 e. The summed E-state index contributed by atoms with van der Waals surface area (Å²) in [5, 5.41) is 3.35. The van der Waals surface area contributed by atoms with E-state index in [0.29, 0.717) is 5.69 Å². The molecule has 88 valence electrons. The highest BCUT2D eigenvalue weighted by molar-refractivity contribution is 5.48. The lowest BCUT2D eigenvalue weighted by atomic mass is 10.0. The maximum atomic E-state index is 13.6. The molecule has 0 aliphatic carbocycles. The SMILES string of the molecule is CC1(C)CN(c2ccc(F)cc2F)CCN1. The Kier molecular flexibility index (Phi) is 2.84. The summed E-state index contributed by atoms with van der Waals surface area (Å²) in [6.07, 6.45) is 0. The van der Waals surface area contributed by atoms with E-state index in [9.17, 15) is 8.78 Å². The monoisotopic (exact) mass is 226 g/mol. The van der Waals surface area contributed by atoms with E-state index in [-0.39, 0.29) is 5.54 Å². The summed E-state index contributed by atoms with van der Waals surface area (Å²) in [6.45, 7) is 6.41. The molecule has 0 unspecified atom stereocenters. The van der Waals surface area contributed by atoms with Gasteiger partial charge in [0, 0.05) is 31.2 Å². The van der Waals surface area contributed by atoms with Gasteiger partial charge in [0.15, 0.2) is 0 Å². The molecule has 1 aliphatic heterocycles. The summed E-state index contributed by atoms with van der Waals surface area (Å²) in [5.41, 5.74) is 0.440. The van der Waals surface area contributed by atoms with Crippen LogP contribution in [0.1, 0.15) is 13.8 Å². The molecule has 0 saturated carbocycles. The van der Waals surface area contributed by atoms with Crippen molar-refractivity contribution in [2.75, 3.05) is 24.5 Å². The van der Waals surface area contributed by atoms with E-state index in [1.807, 2.05) is 4.90 Å². The lowest BCUT2D eigenvalue weighted by Crippen LogP contribution is -2.57.